The fraction of sp³-hybridized carbons (Fsp3) is 0.316. The topological polar surface area (TPSA) is 46.5 Å². The first-order valence-electron chi connectivity index (χ1n) is 7.57. The average Bonchev–Trinajstić information content (AvgIpc) is 2.49. The summed E-state index contributed by atoms with van der Waals surface area (Å²) in [6, 6.07) is 11.5. The summed E-state index contributed by atoms with van der Waals surface area (Å²) < 4.78 is 5.86. The zero-order chi connectivity index (χ0) is 16.1. The van der Waals surface area contributed by atoms with Crippen LogP contribution >= 0.6 is 0 Å². The number of aryl methyl sites for hydroxylation is 1. The second kappa shape index (κ2) is 7.12. The quantitative estimate of drug-likeness (QED) is 0.802. The highest BCUT2D eigenvalue weighted by Crippen LogP contribution is 2.33. The van der Waals surface area contributed by atoms with E-state index in [1.165, 1.54) is 12.5 Å². The summed E-state index contributed by atoms with van der Waals surface area (Å²) >= 11 is 0. The summed E-state index contributed by atoms with van der Waals surface area (Å²) in [5, 5.41) is 10.3. The van der Waals surface area contributed by atoms with Crippen molar-refractivity contribution in [1.82, 2.24) is 0 Å². The molecule has 0 aliphatic rings. The number of phenols is 1. The molecule has 0 unspecified atom stereocenters. The van der Waals surface area contributed by atoms with Gasteiger partial charge in [-0.2, -0.15) is 0 Å². The molecule has 0 radical (unpaired) electrons. The zero-order valence-corrected chi connectivity index (χ0v) is 13.3. The molecule has 0 saturated heterocycles. The molecule has 0 aromatic heterocycles. The third kappa shape index (κ3) is 3.67. The number of aromatic hydroxyl groups is 1. The number of rotatable bonds is 6. The van der Waals surface area contributed by atoms with Crippen molar-refractivity contribution in [2.75, 3.05) is 0 Å². The Morgan fingerprint density at radius 3 is 2.41 bits per heavy atom. The van der Waals surface area contributed by atoms with Crippen LogP contribution in [0.25, 0.3) is 0 Å². The number of benzene rings is 2. The highest BCUT2D eigenvalue weighted by Gasteiger charge is 2.15. The number of ketones is 1. The molecule has 22 heavy (non-hydrogen) atoms. The molecular weight excluding hydrogens is 276 g/mol. The van der Waals surface area contributed by atoms with Gasteiger partial charge < -0.3 is 9.84 Å². The lowest BCUT2D eigenvalue weighted by molar-refractivity contribution is 0.101. The third-order valence-electron chi connectivity index (χ3n) is 3.63. The molecule has 0 saturated carbocycles. The Balaban J connectivity index is 2.24. The number of ether oxygens (including phenoxy) is 1. The first-order valence-corrected chi connectivity index (χ1v) is 7.57. The maximum Gasteiger partial charge on any atom is 0.163 e. The molecule has 0 fully saturated rings. The molecule has 0 amide bonds. The van der Waals surface area contributed by atoms with Crippen LogP contribution in [0.2, 0.25) is 0 Å². The van der Waals surface area contributed by atoms with E-state index in [1.807, 2.05) is 38.1 Å². The molecule has 2 rings (SSSR count). The van der Waals surface area contributed by atoms with Gasteiger partial charge in [0, 0.05) is 5.56 Å². The number of Topliss-reactive ketones (excluding diaryl/α,β-unsaturated/α-hetero) is 1. The minimum atomic E-state index is -0.139. The minimum Gasteiger partial charge on any atom is -0.507 e. The van der Waals surface area contributed by atoms with E-state index >= 15 is 0 Å². The van der Waals surface area contributed by atoms with E-state index in [9.17, 15) is 9.90 Å². The van der Waals surface area contributed by atoms with E-state index in [0.29, 0.717) is 29.9 Å². The molecule has 2 aromatic rings. The summed E-state index contributed by atoms with van der Waals surface area (Å²) in [7, 11) is 0. The monoisotopic (exact) mass is 298 g/mol. The van der Waals surface area contributed by atoms with Crippen molar-refractivity contribution in [2.45, 2.75) is 40.2 Å². The molecule has 0 heterocycles. The molecule has 0 aliphatic heterocycles. The van der Waals surface area contributed by atoms with Gasteiger partial charge in [-0.25, -0.2) is 0 Å². The SMILES string of the molecule is CCCc1c(OCc2ccc(C)cc2)ccc(C(C)=O)c1O. The van der Waals surface area contributed by atoms with Crippen LogP contribution < -0.4 is 4.74 Å². The summed E-state index contributed by atoms with van der Waals surface area (Å²) in [5.41, 5.74) is 3.34. The van der Waals surface area contributed by atoms with Crippen LogP contribution in [0.4, 0.5) is 0 Å². The van der Waals surface area contributed by atoms with Gasteiger partial charge in [-0.1, -0.05) is 43.2 Å². The standard InChI is InChI=1S/C19H22O3/c1-4-5-17-18(11-10-16(14(3)20)19(17)21)22-12-15-8-6-13(2)7-9-15/h6-11,21H,4-5,12H2,1-3H3. The Morgan fingerprint density at radius 1 is 1.14 bits per heavy atom. The van der Waals surface area contributed by atoms with E-state index < -0.39 is 0 Å². The van der Waals surface area contributed by atoms with Gasteiger partial charge in [0.2, 0.25) is 0 Å². The van der Waals surface area contributed by atoms with Gasteiger partial charge in [0.15, 0.2) is 5.78 Å². The first kappa shape index (κ1) is 16.1. The molecule has 3 heteroatoms. The fourth-order valence-electron chi connectivity index (χ4n) is 2.37. The minimum absolute atomic E-state index is 0.0516. The van der Waals surface area contributed by atoms with Crippen molar-refractivity contribution in [3.8, 4) is 11.5 Å². The van der Waals surface area contributed by atoms with Crippen LogP contribution in [0.3, 0.4) is 0 Å². The summed E-state index contributed by atoms with van der Waals surface area (Å²) in [6.07, 6.45) is 1.55. The number of carbonyl (C=O) groups excluding carboxylic acids is 1. The lowest BCUT2D eigenvalue weighted by Crippen LogP contribution is -2.02. The summed E-state index contributed by atoms with van der Waals surface area (Å²) in [5.74, 6) is 0.556. The molecule has 0 spiro atoms. The van der Waals surface area contributed by atoms with Crippen LogP contribution in [0.1, 0.15) is 47.3 Å². The van der Waals surface area contributed by atoms with Gasteiger partial charge in [-0.15, -0.1) is 0 Å². The Morgan fingerprint density at radius 2 is 1.82 bits per heavy atom. The van der Waals surface area contributed by atoms with Gasteiger partial charge in [-0.3, -0.25) is 4.79 Å². The molecule has 0 bridgehead atoms. The largest absolute Gasteiger partial charge is 0.507 e. The van der Waals surface area contributed by atoms with Gasteiger partial charge in [0.1, 0.15) is 18.1 Å². The predicted octanol–water partition coefficient (Wildman–Crippen LogP) is 4.43. The van der Waals surface area contributed by atoms with Crippen molar-refractivity contribution in [2.24, 2.45) is 0 Å². The lowest BCUT2D eigenvalue weighted by atomic mass is 10.0. The van der Waals surface area contributed by atoms with Crippen LogP contribution in [0.15, 0.2) is 36.4 Å². The summed E-state index contributed by atoms with van der Waals surface area (Å²) in [4.78, 5) is 11.5. The molecule has 116 valence electrons. The molecule has 0 atom stereocenters. The van der Waals surface area contributed by atoms with Crippen LogP contribution in [0, 0.1) is 6.92 Å². The van der Waals surface area contributed by atoms with Crippen molar-refractivity contribution in [3.05, 3.63) is 58.7 Å². The molecule has 3 nitrogen and oxygen atoms in total. The van der Waals surface area contributed by atoms with Gasteiger partial charge in [0.05, 0.1) is 5.56 Å². The van der Waals surface area contributed by atoms with E-state index in [2.05, 4.69) is 0 Å². The highest BCUT2D eigenvalue weighted by molar-refractivity contribution is 5.97. The van der Waals surface area contributed by atoms with Crippen molar-refractivity contribution in [1.29, 1.82) is 0 Å². The Hall–Kier alpha value is -2.29. The molecule has 2 aromatic carbocycles. The Labute approximate surface area is 131 Å². The number of phenolic OH excluding ortho intramolecular Hbond substituents is 1. The van der Waals surface area contributed by atoms with Gasteiger partial charge in [0.25, 0.3) is 0 Å². The van der Waals surface area contributed by atoms with Gasteiger partial charge in [-0.05, 0) is 38.0 Å². The smallest absolute Gasteiger partial charge is 0.163 e. The highest BCUT2D eigenvalue weighted by atomic mass is 16.5. The lowest BCUT2D eigenvalue weighted by Gasteiger charge is -2.14. The van der Waals surface area contributed by atoms with E-state index in [0.717, 1.165) is 12.0 Å². The third-order valence-corrected chi connectivity index (χ3v) is 3.63. The average molecular weight is 298 g/mol. The second-order valence-electron chi connectivity index (χ2n) is 5.52. The predicted molar refractivity (Wildman–Crippen MR) is 87.6 cm³/mol. The Bertz CT molecular complexity index is 657. The van der Waals surface area contributed by atoms with Crippen LogP contribution in [-0.2, 0) is 13.0 Å². The van der Waals surface area contributed by atoms with Gasteiger partial charge >= 0.3 is 0 Å². The van der Waals surface area contributed by atoms with Crippen LogP contribution in [-0.4, -0.2) is 10.9 Å². The number of hydrogen-bond donors (Lipinski definition) is 1. The van der Waals surface area contributed by atoms with Crippen LogP contribution in [0.5, 0.6) is 11.5 Å². The van der Waals surface area contributed by atoms with Crippen molar-refractivity contribution < 1.29 is 14.6 Å². The van der Waals surface area contributed by atoms with E-state index in [1.54, 1.807) is 12.1 Å². The molecule has 0 aliphatic carbocycles. The number of carbonyl (C=O) groups is 1. The van der Waals surface area contributed by atoms with E-state index in [-0.39, 0.29) is 11.5 Å². The normalized spacial score (nSPS) is 10.5. The van der Waals surface area contributed by atoms with E-state index in [4.69, 9.17) is 4.74 Å². The Kier molecular flexibility index (Phi) is 5.21. The maximum absolute atomic E-state index is 11.5. The fourth-order valence-corrected chi connectivity index (χ4v) is 2.37. The zero-order valence-electron chi connectivity index (χ0n) is 13.3. The second-order valence-corrected chi connectivity index (χ2v) is 5.52. The van der Waals surface area contributed by atoms with Crippen molar-refractivity contribution >= 4 is 5.78 Å². The number of hydrogen-bond acceptors (Lipinski definition) is 3. The molecule has 1 N–H and O–H groups in total. The maximum atomic E-state index is 11.5. The van der Waals surface area contributed by atoms with Crippen molar-refractivity contribution in [3.63, 3.8) is 0 Å². The molecular formula is C19H22O3. The summed E-state index contributed by atoms with van der Waals surface area (Å²) in [6.45, 7) is 5.97. The first-order chi connectivity index (χ1) is 10.5.